The first-order chi connectivity index (χ1) is 10.6. The minimum absolute atomic E-state index is 0.186. The zero-order valence-electron chi connectivity index (χ0n) is 12.7. The van der Waals surface area contributed by atoms with Gasteiger partial charge >= 0.3 is 5.97 Å². The lowest BCUT2D eigenvalue weighted by molar-refractivity contribution is -0.145. The average Bonchev–Trinajstić information content (AvgIpc) is 3.08. The second-order valence-electron chi connectivity index (χ2n) is 5.06. The van der Waals surface area contributed by atoms with E-state index < -0.39 is 12.0 Å². The molecule has 1 N–H and O–H groups in total. The highest BCUT2D eigenvalue weighted by Crippen LogP contribution is 2.14. The summed E-state index contributed by atoms with van der Waals surface area (Å²) >= 11 is 0. The van der Waals surface area contributed by atoms with E-state index in [1.54, 1.807) is 18.3 Å². The fraction of sp³-hybridized carbons (Fsp3) is 0.533. The van der Waals surface area contributed by atoms with Gasteiger partial charge in [-0.25, -0.2) is 9.78 Å². The lowest BCUT2D eigenvalue weighted by Gasteiger charge is -2.18. The predicted octanol–water partition coefficient (Wildman–Crippen LogP) is 0.327. The molecule has 7 heteroatoms. The second kappa shape index (κ2) is 7.74. The molecule has 2 rings (SSSR count). The van der Waals surface area contributed by atoms with Gasteiger partial charge in [-0.1, -0.05) is 6.07 Å². The molecule has 1 saturated heterocycles. The third-order valence-electron chi connectivity index (χ3n) is 3.55. The van der Waals surface area contributed by atoms with E-state index in [1.165, 1.54) is 14.2 Å². The molecule has 1 aromatic heterocycles. The van der Waals surface area contributed by atoms with Crippen molar-refractivity contribution < 1.29 is 23.8 Å². The molecule has 0 bridgehead atoms. The van der Waals surface area contributed by atoms with E-state index >= 15 is 0 Å². The minimum atomic E-state index is -0.742. The molecule has 1 amide bonds. The van der Waals surface area contributed by atoms with Gasteiger partial charge in [0.05, 0.1) is 26.7 Å². The van der Waals surface area contributed by atoms with E-state index in [1.807, 2.05) is 0 Å². The minimum Gasteiger partial charge on any atom is -0.481 e. The van der Waals surface area contributed by atoms with Crippen LogP contribution >= 0.6 is 0 Å². The van der Waals surface area contributed by atoms with Gasteiger partial charge in [0.15, 0.2) is 0 Å². The zero-order chi connectivity index (χ0) is 15.9. The van der Waals surface area contributed by atoms with Crippen LogP contribution in [0.5, 0.6) is 5.88 Å². The number of pyridine rings is 1. The molecule has 0 unspecified atom stereocenters. The Morgan fingerprint density at radius 1 is 1.45 bits per heavy atom. The third-order valence-corrected chi connectivity index (χ3v) is 3.55. The lowest BCUT2D eigenvalue weighted by Crippen LogP contribution is -2.45. The smallest absolute Gasteiger partial charge is 0.328 e. The predicted molar refractivity (Wildman–Crippen MR) is 77.4 cm³/mol. The molecule has 0 spiro atoms. The first-order valence-electron chi connectivity index (χ1n) is 7.09. The topological polar surface area (TPSA) is 86.8 Å². The molecule has 0 aliphatic carbocycles. The van der Waals surface area contributed by atoms with Gasteiger partial charge in [-0.05, 0) is 12.0 Å². The first-order valence-corrected chi connectivity index (χ1v) is 7.09. The maximum Gasteiger partial charge on any atom is 0.328 e. The summed E-state index contributed by atoms with van der Waals surface area (Å²) in [4.78, 5) is 28.1. The number of nitrogens with one attached hydrogen (secondary N) is 1. The summed E-state index contributed by atoms with van der Waals surface area (Å²) in [7, 11) is 2.83. The van der Waals surface area contributed by atoms with Crippen LogP contribution in [0.15, 0.2) is 18.3 Å². The highest BCUT2D eigenvalue weighted by molar-refractivity contribution is 5.86. The Bertz CT molecular complexity index is 511. The maximum absolute atomic E-state index is 12.1. The average molecular weight is 308 g/mol. The Morgan fingerprint density at radius 3 is 2.82 bits per heavy atom. The van der Waals surface area contributed by atoms with Crippen molar-refractivity contribution in [3.05, 3.63) is 23.9 Å². The van der Waals surface area contributed by atoms with E-state index in [0.29, 0.717) is 31.9 Å². The van der Waals surface area contributed by atoms with Gasteiger partial charge in [-0.3, -0.25) is 4.79 Å². The van der Waals surface area contributed by atoms with Crippen molar-refractivity contribution in [2.75, 3.05) is 27.4 Å². The van der Waals surface area contributed by atoms with Crippen LogP contribution in [-0.2, 0) is 25.5 Å². The molecule has 0 radical (unpaired) electrons. The molecule has 0 aromatic carbocycles. The van der Waals surface area contributed by atoms with E-state index in [-0.39, 0.29) is 11.8 Å². The number of methoxy groups -OCH3 is 2. The van der Waals surface area contributed by atoms with Gasteiger partial charge in [-0.2, -0.15) is 0 Å². The van der Waals surface area contributed by atoms with Crippen molar-refractivity contribution in [3.8, 4) is 5.88 Å². The number of carbonyl (C=O) groups excluding carboxylic acids is 2. The first kappa shape index (κ1) is 16.2. The maximum atomic E-state index is 12.1. The largest absolute Gasteiger partial charge is 0.481 e. The summed E-state index contributed by atoms with van der Waals surface area (Å²) < 4.78 is 14.9. The fourth-order valence-electron chi connectivity index (χ4n) is 2.25. The van der Waals surface area contributed by atoms with Crippen molar-refractivity contribution in [2.45, 2.75) is 18.9 Å². The molecule has 1 fully saturated rings. The number of ether oxygens (including phenoxy) is 3. The molecule has 2 atom stereocenters. The molecule has 1 aliphatic rings. The van der Waals surface area contributed by atoms with Crippen LogP contribution in [0, 0.1) is 5.92 Å². The summed E-state index contributed by atoms with van der Waals surface area (Å²) in [5.74, 6) is -0.385. The Balaban J connectivity index is 2.01. The van der Waals surface area contributed by atoms with Crippen molar-refractivity contribution in [3.63, 3.8) is 0 Å². The van der Waals surface area contributed by atoms with Gasteiger partial charge in [0, 0.05) is 25.3 Å². The van der Waals surface area contributed by atoms with Crippen molar-refractivity contribution >= 4 is 11.9 Å². The molecular formula is C15H20N2O5. The Kier molecular flexibility index (Phi) is 5.71. The number of hydrogen-bond donors (Lipinski definition) is 1. The molecule has 1 aliphatic heterocycles. The van der Waals surface area contributed by atoms with Crippen molar-refractivity contribution in [1.29, 1.82) is 0 Å². The Labute approximate surface area is 129 Å². The summed E-state index contributed by atoms with van der Waals surface area (Å²) in [6.45, 7) is 0.965. The SMILES string of the molecule is COC(=O)[C@H](Cc1ccc(OC)nc1)NC(=O)[C@@H]1CCOC1. The van der Waals surface area contributed by atoms with Crippen LogP contribution in [0.3, 0.4) is 0 Å². The molecular weight excluding hydrogens is 288 g/mol. The molecule has 120 valence electrons. The normalized spacial score (nSPS) is 18.5. The quantitative estimate of drug-likeness (QED) is 0.762. The zero-order valence-corrected chi connectivity index (χ0v) is 12.7. The number of carbonyl (C=O) groups is 2. The number of rotatable bonds is 6. The monoisotopic (exact) mass is 308 g/mol. The van der Waals surface area contributed by atoms with Gasteiger partial charge < -0.3 is 19.5 Å². The molecule has 0 saturated carbocycles. The highest BCUT2D eigenvalue weighted by atomic mass is 16.5. The van der Waals surface area contributed by atoms with Gasteiger partial charge in [-0.15, -0.1) is 0 Å². The van der Waals surface area contributed by atoms with Crippen LogP contribution in [-0.4, -0.2) is 50.3 Å². The number of hydrogen-bond acceptors (Lipinski definition) is 6. The summed E-state index contributed by atoms with van der Waals surface area (Å²) in [6, 6.07) is 2.76. The van der Waals surface area contributed by atoms with Crippen molar-refractivity contribution in [1.82, 2.24) is 10.3 Å². The summed E-state index contributed by atoms with van der Waals surface area (Å²) in [6.07, 6.45) is 2.59. The van der Waals surface area contributed by atoms with Gasteiger partial charge in [0.1, 0.15) is 6.04 Å². The van der Waals surface area contributed by atoms with E-state index in [4.69, 9.17) is 14.2 Å². The Morgan fingerprint density at radius 2 is 2.27 bits per heavy atom. The summed E-state index contributed by atoms with van der Waals surface area (Å²) in [5, 5.41) is 2.73. The Hall–Kier alpha value is -2.15. The lowest BCUT2D eigenvalue weighted by atomic mass is 10.0. The number of aromatic nitrogens is 1. The van der Waals surface area contributed by atoms with Crippen LogP contribution in [0.4, 0.5) is 0 Å². The second-order valence-corrected chi connectivity index (χ2v) is 5.06. The van der Waals surface area contributed by atoms with E-state index in [9.17, 15) is 9.59 Å². The number of amides is 1. The van der Waals surface area contributed by atoms with Crippen LogP contribution in [0.25, 0.3) is 0 Å². The van der Waals surface area contributed by atoms with Gasteiger partial charge in [0.2, 0.25) is 11.8 Å². The van der Waals surface area contributed by atoms with E-state index in [0.717, 1.165) is 5.56 Å². The van der Waals surface area contributed by atoms with Crippen LogP contribution in [0.1, 0.15) is 12.0 Å². The fourth-order valence-corrected chi connectivity index (χ4v) is 2.25. The van der Waals surface area contributed by atoms with E-state index in [2.05, 4.69) is 10.3 Å². The molecule has 22 heavy (non-hydrogen) atoms. The highest BCUT2D eigenvalue weighted by Gasteiger charge is 2.28. The standard InChI is InChI=1S/C15H20N2O5/c1-20-13-4-3-10(8-16-13)7-12(15(19)21-2)17-14(18)11-5-6-22-9-11/h3-4,8,11-12H,5-7,9H2,1-2H3,(H,17,18)/t11-,12+/m1/s1. The molecule has 7 nitrogen and oxygen atoms in total. The number of nitrogens with zero attached hydrogens (tertiary/aromatic N) is 1. The molecule has 1 aromatic rings. The third kappa shape index (κ3) is 4.17. The van der Waals surface area contributed by atoms with Gasteiger partial charge in [0.25, 0.3) is 0 Å². The van der Waals surface area contributed by atoms with Crippen LogP contribution < -0.4 is 10.1 Å². The van der Waals surface area contributed by atoms with Crippen molar-refractivity contribution in [2.24, 2.45) is 5.92 Å². The number of esters is 1. The summed E-state index contributed by atoms with van der Waals surface area (Å²) in [5.41, 5.74) is 0.805. The molecule has 2 heterocycles. The van der Waals surface area contributed by atoms with Crippen LogP contribution in [0.2, 0.25) is 0 Å².